The quantitative estimate of drug-likeness (QED) is 0.519. The molecule has 0 aromatic rings. The molecule has 0 amide bonds. The molecule has 2 saturated carbocycles. The number of hydrogen-bond acceptors (Lipinski definition) is 7. The highest BCUT2D eigenvalue weighted by Crippen LogP contribution is 2.69. The minimum Gasteiger partial charge on any atom is -0.465 e. The highest BCUT2D eigenvalue weighted by atomic mass is 16.7. The van der Waals surface area contributed by atoms with E-state index in [0.717, 1.165) is 32.1 Å². The Morgan fingerprint density at radius 2 is 2.00 bits per heavy atom. The Hall–Kier alpha value is -0.990. The smallest absolute Gasteiger partial charge is 0.302 e. The van der Waals surface area contributed by atoms with Crippen molar-refractivity contribution >= 4 is 5.97 Å². The summed E-state index contributed by atoms with van der Waals surface area (Å²) in [6.07, 6.45) is 7.05. The molecule has 7 heteroatoms. The molecule has 174 valence electrons. The van der Waals surface area contributed by atoms with E-state index in [-0.39, 0.29) is 41.3 Å². The first-order valence-electron chi connectivity index (χ1n) is 11.7. The third-order valence-electron chi connectivity index (χ3n) is 9.48. The van der Waals surface area contributed by atoms with Crippen LogP contribution in [-0.4, -0.2) is 60.3 Å². The van der Waals surface area contributed by atoms with Crippen LogP contribution in [0.5, 0.6) is 0 Å². The number of ether oxygens (including phenoxy) is 4. The topological polar surface area (TPSA) is 94.5 Å². The van der Waals surface area contributed by atoms with Crippen molar-refractivity contribution in [1.82, 2.24) is 0 Å². The number of allylic oxidation sites excluding steroid dienone is 1. The Kier molecular flexibility index (Phi) is 4.93. The van der Waals surface area contributed by atoms with E-state index in [2.05, 4.69) is 13.0 Å². The highest BCUT2D eigenvalue weighted by molar-refractivity contribution is 5.66. The van der Waals surface area contributed by atoms with Crippen molar-refractivity contribution in [3.63, 3.8) is 0 Å². The van der Waals surface area contributed by atoms with Crippen molar-refractivity contribution in [2.24, 2.45) is 28.6 Å². The summed E-state index contributed by atoms with van der Waals surface area (Å²) in [6.45, 7) is 5.83. The summed E-state index contributed by atoms with van der Waals surface area (Å²) in [7, 11) is 1.75. The van der Waals surface area contributed by atoms with Gasteiger partial charge in [0, 0.05) is 30.8 Å². The second-order valence-corrected chi connectivity index (χ2v) is 10.9. The van der Waals surface area contributed by atoms with Gasteiger partial charge in [-0.05, 0) is 51.4 Å². The van der Waals surface area contributed by atoms with Gasteiger partial charge in [0.1, 0.15) is 6.61 Å². The van der Waals surface area contributed by atoms with E-state index in [1.54, 1.807) is 14.0 Å². The van der Waals surface area contributed by atoms with Crippen molar-refractivity contribution in [3.8, 4) is 0 Å². The van der Waals surface area contributed by atoms with Gasteiger partial charge in [-0.15, -0.1) is 0 Å². The predicted octanol–water partition coefficient (Wildman–Crippen LogP) is 2.54. The van der Waals surface area contributed by atoms with Gasteiger partial charge in [0.05, 0.1) is 24.7 Å². The standard InChI is InChI=1S/C24H36O7/c1-14(25)29-13-23-10-7-16(28-4)11-15(23)5-6-18-17(23)8-9-21(2)20-19(31-24(18,21)27)12-30-22(20,3)26/h5,16-20,26-27H,6-13H2,1-4H3/t16-,17-,18+,19+,20-,21+,22-,23+,24+/m0/s1. The van der Waals surface area contributed by atoms with Gasteiger partial charge in [-0.25, -0.2) is 0 Å². The summed E-state index contributed by atoms with van der Waals surface area (Å²) in [5.74, 6) is -3.17. The molecule has 5 aliphatic rings. The number of carbonyl (C=O) groups excluding carboxylic acids is 1. The second-order valence-electron chi connectivity index (χ2n) is 10.9. The Balaban J connectivity index is 1.53. The maximum Gasteiger partial charge on any atom is 0.302 e. The van der Waals surface area contributed by atoms with Gasteiger partial charge in [-0.3, -0.25) is 4.79 Å². The van der Waals surface area contributed by atoms with E-state index >= 15 is 0 Å². The largest absolute Gasteiger partial charge is 0.465 e. The number of aliphatic hydroxyl groups is 2. The number of hydrogen-bond donors (Lipinski definition) is 2. The zero-order valence-electron chi connectivity index (χ0n) is 19.1. The van der Waals surface area contributed by atoms with Crippen LogP contribution in [0.25, 0.3) is 0 Å². The van der Waals surface area contributed by atoms with E-state index in [1.165, 1.54) is 12.5 Å². The lowest BCUT2D eigenvalue weighted by molar-refractivity contribution is -0.323. The third kappa shape index (κ3) is 2.86. The first-order valence-corrected chi connectivity index (χ1v) is 11.7. The molecule has 2 saturated heterocycles. The predicted molar refractivity (Wildman–Crippen MR) is 111 cm³/mol. The van der Waals surface area contributed by atoms with Crippen LogP contribution in [0.3, 0.4) is 0 Å². The van der Waals surface area contributed by atoms with Crippen molar-refractivity contribution < 1.29 is 34.0 Å². The van der Waals surface area contributed by atoms with Crippen LogP contribution in [0.2, 0.25) is 0 Å². The normalized spacial score (nSPS) is 53.1. The van der Waals surface area contributed by atoms with Crippen LogP contribution in [0, 0.1) is 28.6 Å². The second kappa shape index (κ2) is 7.00. The summed E-state index contributed by atoms with van der Waals surface area (Å²) < 4.78 is 23.3. The minimum absolute atomic E-state index is 0.119. The summed E-state index contributed by atoms with van der Waals surface area (Å²) in [4.78, 5) is 11.8. The summed E-state index contributed by atoms with van der Waals surface area (Å²) in [5, 5.41) is 23.1. The molecule has 7 nitrogen and oxygen atoms in total. The van der Waals surface area contributed by atoms with Crippen LogP contribution >= 0.6 is 0 Å². The average molecular weight is 437 g/mol. The van der Waals surface area contributed by atoms with Gasteiger partial charge in [-0.2, -0.15) is 0 Å². The number of methoxy groups -OCH3 is 1. The fourth-order valence-electron chi connectivity index (χ4n) is 8.05. The van der Waals surface area contributed by atoms with Crippen LogP contribution < -0.4 is 0 Å². The van der Waals surface area contributed by atoms with Gasteiger partial charge in [0.2, 0.25) is 0 Å². The SMILES string of the molecule is CO[C@H]1CC[C@@]2(COC(C)=O)C(=CC[C@@H]3[C@@H]2CC[C@]2(C)[C@@H]4[C@@H](CO[C@]4(C)O)O[C@]32O)C1. The van der Waals surface area contributed by atoms with Crippen molar-refractivity contribution in [2.45, 2.75) is 83.1 Å². The Morgan fingerprint density at radius 1 is 1.23 bits per heavy atom. The zero-order valence-corrected chi connectivity index (χ0v) is 19.1. The summed E-state index contributed by atoms with van der Waals surface area (Å²) in [6, 6.07) is 0. The molecular formula is C24H36O7. The van der Waals surface area contributed by atoms with E-state index in [0.29, 0.717) is 19.6 Å². The molecule has 0 unspecified atom stereocenters. The maximum absolute atomic E-state index is 12.1. The number of esters is 1. The number of rotatable bonds is 3. The molecule has 2 aliphatic heterocycles. The van der Waals surface area contributed by atoms with Crippen molar-refractivity contribution in [1.29, 1.82) is 0 Å². The van der Waals surface area contributed by atoms with Crippen molar-refractivity contribution in [2.75, 3.05) is 20.3 Å². The molecule has 0 radical (unpaired) electrons. The van der Waals surface area contributed by atoms with Crippen LogP contribution in [0.1, 0.15) is 59.3 Å². The van der Waals surface area contributed by atoms with Gasteiger partial charge in [-0.1, -0.05) is 18.6 Å². The molecule has 2 N–H and O–H groups in total. The van der Waals surface area contributed by atoms with E-state index in [9.17, 15) is 15.0 Å². The Morgan fingerprint density at radius 3 is 2.71 bits per heavy atom. The van der Waals surface area contributed by atoms with Gasteiger partial charge in [0.15, 0.2) is 11.6 Å². The lowest BCUT2D eigenvalue weighted by Crippen LogP contribution is -2.63. The third-order valence-corrected chi connectivity index (χ3v) is 9.48. The minimum atomic E-state index is -1.34. The Bertz CT molecular complexity index is 793. The average Bonchev–Trinajstić information content (AvgIpc) is 3.16. The van der Waals surface area contributed by atoms with Crippen LogP contribution in [-0.2, 0) is 23.7 Å². The molecule has 0 spiro atoms. The van der Waals surface area contributed by atoms with Crippen LogP contribution in [0.4, 0.5) is 0 Å². The van der Waals surface area contributed by atoms with E-state index in [4.69, 9.17) is 18.9 Å². The molecular weight excluding hydrogens is 400 g/mol. The molecule has 31 heavy (non-hydrogen) atoms. The zero-order chi connectivity index (χ0) is 22.2. The molecule has 4 fully saturated rings. The monoisotopic (exact) mass is 436 g/mol. The molecule has 0 aromatic heterocycles. The molecule has 0 bridgehead atoms. The molecule has 5 rings (SSSR count). The van der Waals surface area contributed by atoms with Crippen LogP contribution in [0.15, 0.2) is 11.6 Å². The Labute approximate surface area is 184 Å². The fourth-order valence-corrected chi connectivity index (χ4v) is 8.05. The van der Waals surface area contributed by atoms with E-state index in [1.807, 2.05) is 0 Å². The van der Waals surface area contributed by atoms with Gasteiger partial charge < -0.3 is 29.2 Å². The first-order chi connectivity index (χ1) is 14.6. The lowest BCUT2D eigenvalue weighted by Gasteiger charge is -2.60. The first kappa shape index (κ1) is 21.8. The fraction of sp³-hybridized carbons (Fsp3) is 0.875. The van der Waals surface area contributed by atoms with Crippen molar-refractivity contribution in [3.05, 3.63) is 11.6 Å². The number of fused-ring (bicyclic) bond motifs is 7. The van der Waals surface area contributed by atoms with Gasteiger partial charge in [0.25, 0.3) is 0 Å². The summed E-state index contributed by atoms with van der Waals surface area (Å²) >= 11 is 0. The maximum atomic E-state index is 12.1. The molecule has 9 atom stereocenters. The van der Waals surface area contributed by atoms with E-state index < -0.39 is 17.0 Å². The molecule has 2 heterocycles. The molecule has 0 aromatic carbocycles. The van der Waals surface area contributed by atoms with Gasteiger partial charge >= 0.3 is 5.97 Å². The summed E-state index contributed by atoms with van der Waals surface area (Å²) in [5.41, 5.74) is 0.408. The number of carbonyl (C=O) groups is 1. The lowest BCUT2D eigenvalue weighted by atomic mass is 9.46. The molecule has 3 aliphatic carbocycles. The highest BCUT2D eigenvalue weighted by Gasteiger charge is 2.75.